The average Bonchev–Trinajstić information content (AvgIpc) is 1.70. The number of non-ortho nitro benzene ring substituents is 2. The van der Waals surface area contributed by atoms with Gasteiger partial charge in [-0.1, -0.05) is 210 Å². The van der Waals surface area contributed by atoms with Crippen molar-refractivity contribution >= 4 is 55.4 Å². The number of nitrogens with one attached hydrogen (secondary N) is 5. The highest BCUT2D eigenvalue weighted by atomic mass is 32.2. The first kappa shape index (κ1) is 88.2. The predicted octanol–water partition coefficient (Wildman–Crippen LogP) is 10.2. The minimum Gasteiger partial charge on any atom is -0.453 e. The molecule has 0 aliphatic carbocycles. The van der Waals surface area contributed by atoms with Gasteiger partial charge >= 0.3 is 12.2 Å². The number of methoxy groups -OCH3 is 2. The van der Waals surface area contributed by atoms with E-state index in [4.69, 9.17) is 14.6 Å². The highest BCUT2D eigenvalue weighted by molar-refractivity contribution is 7.89. The van der Waals surface area contributed by atoms with Gasteiger partial charge in [-0.05, 0) is 89.4 Å². The summed E-state index contributed by atoms with van der Waals surface area (Å²) in [6, 6.07) is 64.5. The Morgan fingerprint density at radius 2 is 0.788 bits per heavy atom. The van der Waals surface area contributed by atoms with Gasteiger partial charge in [0.05, 0.1) is 45.9 Å². The number of likely N-dealkylation sites (N-methyl/N-ethyl adjacent to an activating group) is 1. The van der Waals surface area contributed by atoms with Gasteiger partial charge in [-0.25, -0.2) is 26.4 Å². The molecule has 8 aromatic carbocycles. The topological polar surface area (TPSA) is 338 Å². The molecular formula is C84H106N12O15S2. The third kappa shape index (κ3) is 25.1. The summed E-state index contributed by atoms with van der Waals surface area (Å²) in [6.45, 7) is 13.0. The molecule has 2 saturated heterocycles. The maximum absolute atomic E-state index is 14.5. The fraction of sp³-hybridized carbons (Fsp3) is 0.381. The summed E-state index contributed by atoms with van der Waals surface area (Å²) in [5.41, 5.74) is 5.19. The molecule has 0 bridgehead atoms. The molecule has 4 amide bonds. The summed E-state index contributed by atoms with van der Waals surface area (Å²) in [5, 5.41) is 44.8. The summed E-state index contributed by atoms with van der Waals surface area (Å²) in [4.78, 5) is 81.3. The third-order valence-corrected chi connectivity index (χ3v) is 23.9. The number of nitro groups is 2. The number of carbonyl (C=O) groups is 4. The Bertz CT molecular complexity index is 4440. The quantitative estimate of drug-likeness (QED) is 0.0121. The lowest BCUT2D eigenvalue weighted by Gasteiger charge is -2.36. The van der Waals surface area contributed by atoms with Gasteiger partial charge in [-0.3, -0.25) is 44.5 Å². The molecule has 113 heavy (non-hydrogen) atoms. The van der Waals surface area contributed by atoms with E-state index < -0.39 is 89.9 Å². The number of ether oxygens (including phenoxy) is 2. The van der Waals surface area contributed by atoms with Crippen LogP contribution >= 0.6 is 0 Å². The first-order valence-corrected chi connectivity index (χ1v) is 40.6. The van der Waals surface area contributed by atoms with Gasteiger partial charge in [0.1, 0.15) is 12.1 Å². The fourth-order valence-corrected chi connectivity index (χ4v) is 17.6. The van der Waals surface area contributed by atoms with Crippen LogP contribution in [0, 0.1) is 32.1 Å². The Labute approximate surface area is 663 Å². The number of aliphatic hydroxyl groups is 1. The van der Waals surface area contributed by atoms with Crippen molar-refractivity contribution in [1.82, 2.24) is 49.9 Å². The molecule has 2 fully saturated rings. The van der Waals surface area contributed by atoms with Crippen LogP contribution in [0.3, 0.4) is 0 Å². The third-order valence-electron chi connectivity index (χ3n) is 20.0. The molecule has 0 spiro atoms. The standard InChI is InChI=1S/C42H52N6O7S.C41H50N6O7S.CH4O/c1-31(2)24-26-47(56(53,54)36-22-20-35(21-23-36)48(51)52)38-30-46(28-32-14-8-5-9-15-32)29-37(38)45(3)27-25-43-41(49)40(44-42(50)55-4)39(33-16-10-6-11-17-33)34-18-12-7-13-19-34;1-30(2)23-26-46(55(52,53)35-21-19-34(20-22-35)47(50)51)37-29-45(27-31-13-7-4-8-14-31)28-36(37)42-24-25-43-40(48)39(44-41(49)54-3)38(32-15-9-5-10-16-32)33-17-11-6-12-18-33;1-2/h5-23,31,37-40H,24-30H2,1-4H3,(H,43,49)(H,44,50);4-22,30,36-39,42H,23-29H2,1-3H3,(H,43,48)(H,44,49);2H,1H3/t37-,38-,40+;36-,37-,39+;/m11./s1. The molecule has 0 aromatic heterocycles. The Balaban J connectivity index is 0.000000277. The molecule has 0 radical (unpaired) electrons. The number of nitro benzene ring substituents is 2. The van der Waals surface area contributed by atoms with Gasteiger partial charge in [0, 0.05) is 134 Å². The van der Waals surface area contributed by atoms with Gasteiger partial charge in [-0.2, -0.15) is 8.61 Å². The lowest BCUT2D eigenvalue weighted by Crippen LogP contribution is -2.54. The minimum atomic E-state index is -4.07. The summed E-state index contributed by atoms with van der Waals surface area (Å²) >= 11 is 0. The highest BCUT2D eigenvalue weighted by Gasteiger charge is 2.46. The average molecular weight is 1590 g/mol. The second-order valence-electron chi connectivity index (χ2n) is 28.6. The SMILES string of the molecule is CO.COC(=O)N[C@H](C(=O)NCCN(C)[C@@H]1CN(Cc2ccccc2)C[C@H]1N(CCC(C)C)S(=O)(=O)c1ccc([N+](=O)[O-])cc1)C(c1ccccc1)c1ccccc1.COC(=O)N[C@H](C(=O)NCCN[C@@H]1CN(Cc2ccccc2)C[C@H]1N(CCC(C)C)S(=O)(=O)c1ccc([N+](=O)[O-])cc1)C(c1ccccc1)c1ccccc1. The van der Waals surface area contributed by atoms with Crippen LogP contribution in [0.4, 0.5) is 21.0 Å². The molecular weight excluding hydrogens is 1480 g/mol. The fourth-order valence-electron chi connectivity index (χ4n) is 14.3. The van der Waals surface area contributed by atoms with Crippen molar-refractivity contribution < 1.29 is 60.4 Å². The first-order valence-electron chi connectivity index (χ1n) is 37.7. The summed E-state index contributed by atoms with van der Waals surface area (Å²) in [7, 11) is -2.70. The molecule has 29 heteroatoms. The summed E-state index contributed by atoms with van der Waals surface area (Å²) < 4.78 is 70.5. The van der Waals surface area contributed by atoms with Crippen molar-refractivity contribution in [3.05, 3.63) is 284 Å². The number of hydrogen-bond acceptors (Lipinski definition) is 19. The normalized spacial score (nSPS) is 16.4. The zero-order valence-corrected chi connectivity index (χ0v) is 66.9. The van der Waals surface area contributed by atoms with Gasteiger partial charge in [-0.15, -0.1) is 0 Å². The van der Waals surface area contributed by atoms with E-state index in [-0.39, 0.29) is 71.3 Å². The van der Waals surface area contributed by atoms with Gasteiger partial charge in [0.15, 0.2) is 0 Å². The van der Waals surface area contributed by atoms with E-state index in [9.17, 15) is 56.2 Å². The van der Waals surface area contributed by atoms with Crippen molar-refractivity contribution in [3.63, 3.8) is 0 Å². The maximum Gasteiger partial charge on any atom is 0.407 e. The van der Waals surface area contributed by atoms with E-state index in [1.807, 2.05) is 217 Å². The molecule has 0 saturated carbocycles. The van der Waals surface area contributed by atoms with E-state index in [1.54, 1.807) is 4.31 Å². The Morgan fingerprint density at radius 3 is 1.14 bits per heavy atom. The number of carbonyl (C=O) groups excluding carboxylic acids is 4. The number of nitrogens with zero attached hydrogens (tertiary/aromatic N) is 7. The molecule has 6 N–H and O–H groups in total. The van der Waals surface area contributed by atoms with Gasteiger partial charge in [0.2, 0.25) is 31.9 Å². The van der Waals surface area contributed by atoms with Crippen molar-refractivity contribution in [2.75, 3.05) is 93.8 Å². The maximum atomic E-state index is 14.5. The van der Waals surface area contributed by atoms with E-state index in [1.165, 1.54) is 67.1 Å². The number of alkyl carbamates (subject to hydrolysis) is 2. The molecule has 604 valence electrons. The Hall–Kier alpha value is -10.3. The zero-order valence-electron chi connectivity index (χ0n) is 65.2. The van der Waals surface area contributed by atoms with Crippen LogP contribution in [0.2, 0.25) is 0 Å². The van der Waals surface area contributed by atoms with Crippen molar-refractivity contribution in [1.29, 1.82) is 0 Å². The zero-order chi connectivity index (χ0) is 81.6. The molecule has 2 aliphatic heterocycles. The second-order valence-corrected chi connectivity index (χ2v) is 32.4. The number of amides is 4. The van der Waals surface area contributed by atoms with Crippen LogP contribution in [0.1, 0.15) is 85.8 Å². The molecule has 6 atom stereocenters. The molecule has 8 aromatic rings. The van der Waals surface area contributed by atoms with E-state index >= 15 is 0 Å². The number of benzene rings is 8. The number of likely N-dealkylation sites (tertiary alicyclic amines) is 2. The van der Waals surface area contributed by atoms with E-state index in [2.05, 4.69) is 41.3 Å². The van der Waals surface area contributed by atoms with Crippen molar-refractivity contribution in [2.45, 2.75) is 112 Å². The van der Waals surface area contributed by atoms with Gasteiger partial charge < -0.3 is 41.2 Å². The van der Waals surface area contributed by atoms with Crippen LogP contribution in [0.15, 0.2) is 240 Å². The highest BCUT2D eigenvalue weighted by Crippen LogP contribution is 2.34. The predicted molar refractivity (Wildman–Crippen MR) is 434 cm³/mol. The summed E-state index contributed by atoms with van der Waals surface area (Å²) in [5.74, 6) is -1.38. The van der Waals surface area contributed by atoms with Gasteiger partial charge in [0.25, 0.3) is 11.4 Å². The summed E-state index contributed by atoms with van der Waals surface area (Å²) in [6.07, 6.45) is -0.241. The second kappa shape index (κ2) is 43.6. The molecule has 10 rings (SSSR count). The number of hydrogen-bond donors (Lipinski definition) is 6. The van der Waals surface area contributed by atoms with Crippen LogP contribution < -0.4 is 26.6 Å². The van der Waals surface area contributed by atoms with E-state index in [0.717, 1.165) is 40.5 Å². The minimum absolute atomic E-state index is 0.00225. The Kier molecular flexibility index (Phi) is 34.1. The first-order chi connectivity index (χ1) is 54.4. The van der Waals surface area contributed by atoms with Crippen LogP contribution in [0.5, 0.6) is 0 Å². The van der Waals surface area contributed by atoms with Crippen molar-refractivity contribution in [2.24, 2.45) is 11.8 Å². The molecule has 0 unspecified atom stereocenters. The molecule has 2 aliphatic rings. The lowest BCUT2D eigenvalue weighted by atomic mass is 9.84. The van der Waals surface area contributed by atoms with Crippen LogP contribution in [-0.4, -0.2) is 209 Å². The van der Waals surface area contributed by atoms with Crippen LogP contribution in [-0.2, 0) is 52.2 Å². The number of sulfonamides is 2. The molecule has 27 nitrogen and oxygen atoms in total. The number of aliphatic hydroxyl groups excluding tert-OH is 1. The Morgan fingerprint density at radius 1 is 0.460 bits per heavy atom. The van der Waals surface area contributed by atoms with E-state index in [0.29, 0.717) is 65.2 Å². The number of rotatable bonds is 36. The lowest BCUT2D eigenvalue weighted by molar-refractivity contribution is -0.385. The molecule has 2 heterocycles. The van der Waals surface area contributed by atoms with Crippen molar-refractivity contribution in [3.8, 4) is 0 Å². The van der Waals surface area contributed by atoms with Crippen LogP contribution in [0.25, 0.3) is 0 Å². The largest absolute Gasteiger partial charge is 0.453 e. The monoisotopic (exact) mass is 1590 g/mol. The smallest absolute Gasteiger partial charge is 0.407 e.